The second-order valence-corrected chi connectivity index (χ2v) is 5.60. The van der Waals surface area contributed by atoms with Gasteiger partial charge in [0.2, 0.25) is 0 Å². The fourth-order valence-electron chi connectivity index (χ4n) is 2.49. The Hall–Kier alpha value is -2.09. The van der Waals surface area contributed by atoms with Gasteiger partial charge in [0.05, 0.1) is 11.0 Å². The summed E-state index contributed by atoms with van der Waals surface area (Å²) in [7, 11) is 0. The van der Waals surface area contributed by atoms with Crippen molar-refractivity contribution >= 4 is 11.0 Å². The van der Waals surface area contributed by atoms with Crippen molar-refractivity contribution < 1.29 is 0 Å². The molecule has 2 aromatic carbocycles. The van der Waals surface area contributed by atoms with Gasteiger partial charge < -0.3 is 4.98 Å². The number of hydrogen-bond acceptors (Lipinski definition) is 1. The van der Waals surface area contributed by atoms with Crippen LogP contribution in [0.25, 0.3) is 11.0 Å². The highest BCUT2D eigenvalue weighted by Gasteiger charge is 2.04. The second-order valence-electron chi connectivity index (χ2n) is 5.60. The van der Waals surface area contributed by atoms with Gasteiger partial charge in [0.1, 0.15) is 5.82 Å². The van der Waals surface area contributed by atoms with E-state index in [4.69, 9.17) is 0 Å². The molecule has 0 aliphatic heterocycles. The summed E-state index contributed by atoms with van der Waals surface area (Å²) in [5.74, 6) is 1.65. The average molecular weight is 264 g/mol. The van der Waals surface area contributed by atoms with Crippen LogP contribution in [0, 0.1) is 0 Å². The van der Waals surface area contributed by atoms with E-state index in [1.165, 1.54) is 11.1 Å². The van der Waals surface area contributed by atoms with Gasteiger partial charge in [-0.25, -0.2) is 4.98 Å². The number of aromatic nitrogens is 2. The van der Waals surface area contributed by atoms with Crippen molar-refractivity contribution in [3.05, 3.63) is 65.5 Å². The van der Waals surface area contributed by atoms with Crippen LogP contribution < -0.4 is 0 Å². The maximum atomic E-state index is 4.63. The monoisotopic (exact) mass is 264 g/mol. The number of imidazole rings is 1. The van der Waals surface area contributed by atoms with E-state index in [2.05, 4.69) is 60.2 Å². The molecule has 0 spiro atoms. The molecule has 1 N–H and O–H groups in total. The van der Waals surface area contributed by atoms with Crippen molar-refractivity contribution in [3.8, 4) is 0 Å². The Morgan fingerprint density at radius 2 is 1.85 bits per heavy atom. The standard InChI is InChI=1S/C18H20N2/c1-13(2)15-7-5-6-14(12-15)10-11-18-19-16-8-3-4-9-17(16)20-18/h3-9,12-13H,10-11H2,1-2H3,(H,19,20). The molecule has 1 aromatic heterocycles. The molecule has 1 heterocycles. The summed E-state index contributed by atoms with van der Waals surface area (Å²) in [6, 6.07) is 17.1. The lowest BCUT2D eigenvalue weighted by Crippen LogP contribution is -1.95. The summed E-state index contributed by atoms with van der Waals surface area (Å²) in [4.78, 5) is 8.02. The van der Waals surface area contributed by atoms with E-state index in [-0.39, 0.29) is 0 Å². The first-order valence-corrected chi connectivity index (χ1v) is 7.25. The Kier molecular flexibility index (Phi) is 3.55. The molecule has 0 radical (unpaired) electrons. The maximum absolute atomic E-state index is 4.63. The first kappa shape index (κ1) is 12.9. The zero-order chi connectivity index (χ0) is 13.9. The van der Waals surface area contributed by atoms with Crippen LogP contribution >= 0.6 is 0 Å². The molecule has 0 atom stereocenters. The molecule has 2 heteroatoms. The van der Waals surface area contributed by atoms with E-state index >= 15 is 0 Å². The summed E-state index contributed by atoms with van der Waals surface area (Å²) in [5, 5.41) is 0. The Morgan fingerprint density at radius 1 is 1.00 bits per heavy atom. The highest BCUT2D eigenvalue weighted by molar-refractivity contribution is 5.74. The molecule has 0 saturated carbocycles. The topological polar surface area (TPSA) is 28.7 Å². The van der Waals surface area contributed by atoms with E-state index in [0.29, 0.717) is 5.92 Å². The molecule has 102 valence electrons. The van der Waals surface area contributed by atoms with Gasteiger partial charge in [0.25, 0.3) is 0 Å². The SMILES string of the molecule is CC(C)c1cccc(CCc2nc3ccccc3[nH]2)c1. The Morgan fingerprint density at radius 3 is 2.65 bits per heavy atom. The zero-order valence-corrected chi connectivity index (χ0v) is 12.1. The summed E-state index contributed by atoms with van der Waals surface area (Å²) < 4.78 is 0. The largest absolute Gasteiger partial charge is 0.342 e. The predicted molar refractivity (Wildman–Crippen MR) is 84.0 cm³/mol. The molecule has 0 saturated heterocycles. The highest BCUT2D eigenvalue weighted by Crippen LogP contribution is 2.17. The third-order valence-corrected chi connectivity index (χ3v) is 3.71. The Balaban J connectivity index is 1.74. The third kappa shape index (κ3) is 2.74. The molecule has 0 bridgehead atoms. The minimum absolute atomic E-state index is 0.584. The van der Waals surface area contributed by atoms with Crippen LogP contribution in [0.5, 0.6) is 0 Å². The van der Waals surface area contributed by atoms with Gasteiger partial charge in [0.15, 0.2) is 0 Å². The van der Waals surface area contributed by atoms with Gasteiger partial charge in [-0.05, 0) is 35.6 Å². The van der Waals surface area contributed by atoms with Crippen LogP contribution in [0.1, 0.15) is 36.7 Å². The highest BCUT2D eigenvalue weighted by atomic mass is 14.9. The van der Waals surface area contributed by atoms with Crippen molar-refractivity contribution in [3.63, 3.8) is 0 Å². The maximum Gasteiger partial charge on any atom is 0.107 e. The zero-order valence-electron chi connectivity index (χ0n) is 12.1. The lowest BCUT2D eigenvalue weighted by atomic mass is 9.99. The quantitative estimate of drug-likeness (QED) is 0.740. The third-order valence-electron chi connectivity index (χ3n) is 3.71. The van der Waals surface area contributed by atoms with E-state index in [0.717, 1.165) is 29.7 Å². The van der Waals surface area contributed by atoms with Gasteiger partial charge in [-0.2, -0.15) is 0 Å². The van der Waals surface area contributed by atoms with Gasteiger partial charge in [-0.3, -0.25) is 0 Å². The minimum Gasteiger partial charge on any atom is -0.342 e. The molecule has 0 aliphatic rings. The van der Waals surface area contributed by atoms with Crippen LogP contribution in [0.2, 0.25) is 0 Å². The Bertz CT molecular complexity index is 677. The normalized spacial score (nSPS) is 11.3. The average Bonchev–Trinajstić information content (AvgIpc) is 2.88. The summed E-state index contributed by atoms with van der Waals surface area (Å²) >= 11 is 0. The summed E-state index contributed by atoms with van der Waals surface area (Å²) in [6.07, 6.45) is 1.98. The lowest BCUT2D eigenvalue weighted by molar-refractivity contribution is 0.850. The van der Waals surface area contributed by atoms with Crippen molar-refractivity contribution in [2.24, 2.45) is 0 Å². The number of aryl methyl sites for hydroxylation is 2. The number of H-pyrrole nitrogens is 1. The number of aromatic amines is 1. The fraction of sp³-hybridized carbons (Fsp3) is 0.278. The van der Waals surface area contributed by atoms with E-state index in [9.17, 15) is 0 Å². The van der Waals surface area contributed by atoms with Gasteiger partial charge in [-0.1, -0.05) is 50.2 Å². The smallest absolute Gasteiger partial charge is 0.107 e. The number of para-hydroxylation sites is 2. The molecule has 0 unspecified atom stereocenters. The molecular weight excluding hydrogens is 244 g/mol. The molecule has 0 fully saturated rings. The van der Waals surface area contributed by atoms with Gasteiger partial charge >= 0.3 is 0 Å². The van der Waals surface area contributed by atoms with Crippen LogP contribution in [-0.4, -0.2) is 9.97 Å². The van der Waals surface area contributed by atoms with Crippen LogP contribution in [0.15, 0.2) is 48.5 Å². The summed E-state index contributed by atoms with van der Waals surface area (Å²) in [6.45, 7) is 4.47. The molecular formula is C18H20N2. The molecule has 0 aliphatic carbocycles. The van der Waals surface area contributed by atoms with Crippen molar-refractivity contribution in [2.75, 3.05) is 0 Å². The van der Waals surface area contributed by atoms with Crippen molar-refractivity contribution in [1.82, 2.24) is 9.97 Å². The fourth-order valence-corrected chi connectivity index (χ4v) is 2.49. The van der Waals surface area contributed by atoms with E-state index in [1.807, 2.05) is 12.1 Å². The number of benzene rings is 2. The van der Waals surface area contributed by atoms with Crippen molar-refractivity contribution in [1.29, 1.82) is 0 Å². The number of nitrogens with one attached hydrogen (secondary N) is 1. The Labute approximate surface area is 119 Å². The first-order valence-electron chi connectivity index (χ1n) is 7.25. The molecule has 2 nitrogen and oxygen atoms in total. The minimum atomic E-state index is 0.584. The second kappa shape index (κ2) is 5.49. The first-order chi connectivity index (χ1) is 9.72. The number of nitrogens with zero attached hydrogens (tertiary/aromatic N) is 1. The van der Waals surface area contributed by atoms with Crippen molar-refractivity contribution in [2.45, 2.75) is 32.6 Å². The predicted octanol–water partition coefficient (Wildman–Crippen LogP) is 4.47. The lowest BCUT2D eigenvalue weighted by Gasteiger charge is -2.07. The molecule has 3 aromatic rings. The molecule has 0 amide bonds. The van der Waals surface area contributed by atoms with E-state index in [1.54, 1.807) is 0 Å². The van der Waals surface area contributed by atoms with Crippen LogP contribution in [0.4, 0.5) is 0 Å². The molecule has 20 heavy (non-hydrogen) atoms. The van der Waals surface area contributed by atoms with Gasteiger partial charge in [0, 0.05) is 6.42 Å². The van der Waals surface area contributed by atoms with Gasteiger partial charge in [-0.15, -0.1) is 0 Å². The van der Waals surface area contributed by atoms with Crippen LogP contribution in [0.3, 0.4) is 0 Å². The summed E-state index contributed by atoms with van der Waals surface area (Å²) in [5.41, 5.74) is 4.97. The van der Waals surface area contributed by atoms with Crippen LogP contribution in [-0.2, 0) is 12.8 Å². The van der Waals surface area contributed by atoms with E-state index < -0.39 is 0 Å². The number of rotatable bonds is 4. The molecule has 3 rings (SSSR count). The number of fused-ring (bicyclic) bond motifs is 1. The number of hydrogen-bond donors (Lipinski definition) is 1.